The Bertz CT molecular complexity index is 685. The highest BCUT2D eigenvalue weighted by molar-refractivity contribution is 5.93. The van der Waals surface area contributed by atoms with Crippen LogP contribution in [-0.2, 0) is 7.05 Å². The van der Waals surface area contributed by atoms with E-state index in [4.69, 9.17) is 4.52 Å². The lowest BCUT2D eigenvalue weighted by molar-refractivity contribution is 0.0908. The third-order valence-corrected chi connectivity index (χ3v) is 3.94. The van der Waals surface area contributed by atoms with E-state index in [-0.39, 0.29) is 17.9 Å². The summed E-state index contributed by atoms with van der Waals surface area (Å²) in [6.07, 6.45) is 2.22. The lowest BCUT2D eigenvalue weighted by Crippen LogP contribution is -2.32. The van der Waals surface area contributed by atoms with Crippen molar-refractivity contribution in [3.05, 3.63) is 23.1 Å². The highest BCUT2D eigenvalue weighted by Crippen LogP contribution is 2.38. The average Bonchev–Trinajstić information content (AvgIpc) is 3.12. The number of hydrogen-bond acceptors (Lipinski definition) is 6. The molecular weight excluding hydrogens is 284 g/mol. The van der Waals surface area contributed by atoms with Crippen molar-refractivity contribution in [2.75, 3.05) is 0 Å². The first kappa shape index (κ1) is 14.7. The molecule has 1 aliphatic carbocycles. The van der Waals surface area contributed by atoms with Gasteiger partial charge in [-0.25, -0.2) is 0 Å². The van der Waals surface area contributed by atoms with Gasteiger partial charge in [0.2, 0.25) is 5.89 Å². The molecule has 118 valence electrons. The Kier molecular flexibility index (Phi) is 3.67. The zero-order valence-electron chi connectivity index (χ0n) is 13.2. The fraction of sp³-hybridized carbons (Fsp3) is 0.643. The Hall–Kier alpha value is -2.25. The maximum absolute atomic E-state index is 12.4. The predicted octanol–water partition coefficient (Wildman–Crippen LogP) is 1.51. The van der Waals surface area contributed by atoms with E-state index in [0.717, 1.165) is 18.7 Å². The standard InChI is InChI=1S/C14H20N6O2/c1-7(2)10(14-16-12(18-22-14)9-5-6-9)15-13(21)11-8(3)20(4)19-17-11/h7,9-10H,5-6H2,1-4H3,(H,15,21). The van der Waals surface area contributed by atoms with E-state index in [1.165, 1.54) is 0 Å². The zero-order valence-corrected chi connectivity index (χ0v) is 13.2. The van der Waals surface area contributed by atoms with E-state index in [1.54, 1.807) is 18.7 Å². The summed E-state index contributed by atoms with van der Waals surface area (Å²) >= 11 is 0. The number of hydrogen-bond donors (Lipinski definition) is 1. The average molecular weight is 304 g/mol. The lowest BCUT2D eigenvalue weighted by Gasteiger charge is -2.17. The smallest absolute Gasteiger partial charge is 0.274 e. The SMILES string of the molecule is Cc1c(C(=O)NC(c2nc(C3CC3)no2)C(C)C)nnn1C. The molecule has 0 aromatic carbocycles. The number of rotatable bonds is 5. The van der Waals surface area contributed by atoms with Crippen LogP contribution in [0.15, 0.2) is 4.52 Å². The van der Waals surface area contributed by atoms with Gasteiger partial charge in [-0.05, 0) is 25.7 Å². The minimum atomic E-state index is -0.339. The van der Waals surface area contributed by atoms with Crippen LogP contribution in [0.3, 0.4) is 0 Å². The number of aromatic nitrogens is 5. The quantitative estimate of drug-likeness (QED) is 0.899. The summed E-state index contributed by atoms with van der Waals surface area (Å²) in [5, 5.41) is 14.7. The van der Waals surface area contributed by atoms with Crippen molar-refractivity contribution in [1.29, 1.82) is 0 Å². The van der Waals surface area contributed by atoms with Crippen molar-refractivity contribution in [2.45, 2.75) is 45.6 Å². The van der Waals surface area contributed by atoms with Gasteiger partial charge in [-0.3, -0.25) is 9.48 Å². The summed E-state index contributed by atoms with van der Waals surface area (Å²) in [4.78, 5) is 16.8. The second-order valence-corrected chi connectivity index (χ2v) is 6.11. The summed E-state index contributed by atoms with van der Waals surface area (Å²) in [5.41, 5.74) is 1.03. The van der Waals surface area contributed by atoms with Gasteiger partial charge in [-0.2, -0.15) is 4.98 Å². The highest BCUT2D eigenvalue weighted by atomic mass is 16.5. The van der Waals surface area contributed by atoms with Crippen LogP contribution < -0.4 is 5.32 Å². The Labute approximate surface area is 128 Å². The molecule has 8 heteroatoms. The third-order valence-electron chi connectivity index (χ3n) is 3.94. The van der Waals surface area contributed by atoms with Crippen LogP contribution in [0.5, 0.6) is 0 Å². The molecule has 1 atom stereocenters. The van der Waals surface area contributed by atoms with Gasteiger partial charge in [0.05, 0.1) is 5.69 Å². The molecule has 2 heterocycles. The number of carbonyl (C=O) groups excluding carboxylic acids is 1. The van der Waals surface area contributed by atoms with Gasteiger partial charge >= 0.3 is 0 Å². The van der Waals surface area contributed by atoms with Crippen LogP contribution in [-0.4, -0.2) is 31.0 Å². The molecule has 1 N–H and O–H groups in total. The van der Waals surface area contributed by atoms with E-state index in [0.29, 0.717) is 23.2 Å². The van der Waals surface area contributed by atoms with Crippen molar-refractivity contribution >= 4 is 5.91 Å². The van der Waals surface area contributed by atoms with E-state index >= 15 is 0 Å². The number of carbonyl (C=O) groups is 1. The normalized spacial score (nSPS) is 16.0. The van der Waals surface area contributed by atoms with Gasteiger partial charge in [0.25, 0.3) is 5.91 Å². The molecule has 1 aliphatic rings. The van der Waals surface area contributed by atoms with Crippen molar-refractivity contribution in [2.24, 2.45) is 13.0 Å². The number of amides is 1. The van der Waals surface area contributed by atoms with Crippen LogP contribution in [0.4, 0.5) is 0 Å². The van der Waals surface area contributed by atoms with E-state index in [1.807, 2.05) is 13.8 Å². The van der Waals surface area contributed by atoms with Crippen LogP contribution in [0.1, 0.15) is 66.5 Å². The number of nitrogens with zero attached hydrogens (tertiary/aromatic N) is 5. The lowest BCUT2D eigenvalue weighted by atomic mass is 10.0. The van der Waals surface area contributed by atoms with Crippen LogP contribution in [0.25, 0.3) is 0 Å². The second kappa shape index (κ2) is 5.51. The molecule has 0 spiro atoms. The fourth-order valence-electron chi connectivity index (χ4n) is 2.22. The van der Waals surface area contributed by atoms with Gasteiger partial charge in [0, 0.05) is 13.0 Å². The number of nitrogens with one attached hydrogen (secondary N) is 1. The molecule has 0 bridgehead atoms. The summed E-state index contributed by atoms with van der Waals surface area (Å²) in [6, 6.07) is -0.339. The van der Waals surface area contributed by atoms with Crippen LogP contribution in [0, 0.1) is 12.8 Å². The van der Waals surface area contributed by atoms with Gasteiger partial charge in [-0.1, -0.05) is 24.2 Å². The first-order valence-corrected chi connectivity index (χ1v) is 7.48. The van der Waals surface area contributed by atoms with Crippen molar-refractivity contribution in [3.8, 4) is 0 Å². The minimum absolute atomic E-state index is 0.119. The molecule has 2 aromatic heterocycles. The first-order chi connectivity index (χ1) is 10.5. The van der Waals surface area contributed by atoms with Crippen LogP contribution >= 0.6 is 0 Å². The van der Waals surface area contributed by atoms with Gasteiger partial charge in [0.1, 0.15) is 6.04 Å². The minimum Gasteiger partial charge on any atom is -0.339 e. The largest absolute Gasteiger partial charge is 0.339 e. The molecule has 0 saturated heterocycles. The Morgan fingerprint density at radius 2 is 2.14 bits per heavy atom. The Morgan fingerprint density at radius 3 is 2.68 bits per heavy atom. The van der Waals surface area contributed by atoms with Crippen LogP contribution in [0.2, 0.25) is 0 Å². The summed E-state index contributed by atoms with van der Waals surface area (Å²) in [6.45, 7) is 5.79. The molecule has 3 rings (SSSR count). The molecule has 1 saturated carbocycles. The molecule has 0 radical (unpaired) electrons. The predicted molar refractivity (Wildman–Crippen MR) is 77.1 cm³/mol. The van der Waals surface area contributed by atoms with E-state index < -0.39 is 0 Å². The molecule has 8 nitrogen and oxygen atoms in total. The monoisotopic (exact) mass is 304 g/mol. The zero-order chi connectivity index (χ0) is 15.9. The van der Waals surface area contributed by atoms with E-state index in [9.17, 15) is 4.79 Å². The molecule has 1 unspecified atom stereocenters. The fourth-order valence-corrected chi connectivity index (χ4v) is 2.22. The van der Waals surface area contributed by atoms with Gasteiger partial charge < -0.3 is 9.84 Å². The van der Waals surface area contributed by atoms with Crippen molar-refractivity contribution < 1.29 is 9.32 Å². The topological polar surface area (TPSA) is 98.7 Å². The first-order valence-electron chi connectivity index (χ1n) is 7.48. The summed E-state index contributed by atoms with van der Waals surface area (Å²) < 4.78 is 6.91. The second-order valence-electron chi connectivity index (χ2n) is 6.11. The Morgan fingerprint density at radius 1 is 1.41 bits per heavy atom. The molecule has 1 fully saturated rings. The van der Waals surface area contributed by atoms with Crippen molar-refractivity contribution in [3.63, 3.8) is 0 Å². The van der Waals surface area contributed by atoms with Gasteiger partial charge in [0.15, 0.2) is 11.5 Å². The summed E-state index contributed by atoms with van der Waals surface area (Å²) in [5.74, 6) is 1.45. The maximum atomic E-state index is 12.4. The molecule has 22 heavy (non-hydrogen) atoms. The molecule has 0 aliphatic heterocycles. The molecule has 1 amide bonds. The highest BCUT2D eigenvalue weighted by Gasteiger charge is 2.32. The Balaban J connectivity index is 1.78. The van der Waals surface area contributed by atoms with E-state index in [2.05, 4.69) is 25.8 Å². The summed E-state index contributed by atoms with van der Waals surface area (Å²) in [7, 11) is 1.75. The van der Waals surface area contributed by atoms with Crippen molar-refractivity contribution in [1.82, 2.24) is 30.5 Å². The third kappa shape index (κ3) is 2.72. The van der Waals surface area contributed by atoms with Gasteiger partial charge in [-0.15, -0.1) is 5.10 Å². The molecule has 2 aromatic rings. The molecular formula is C14H20N6O2. The number of aryl methyl sites for hydroxylation is 1. The maximum Gasteiger partial charge on any atom is 0.274 e.